The van der Waals surface area contributed by atoms with Gasteiger partial charge in [-0.2, -0.15) is 0 Å². The van der Waals surface area contributed by atoms with Crippen molar-refractivity contribution >= 4 is 18.1 Å². The van der Waals surface area contributed by atoms with Gasteiger partial charge in [0, 0.05) is 6.07 Å². The molecule has 0 saturated heterocycles. The van der Waals surface area contributed by atoms with E-state index in [9.17, 15) is 10.1 Å². The molecule has 0 unspecified atom stereocenters. The number of nitrogens with zero attached hydrogens (tertiary/aromatic N) is 1. The van der Waals surface area contributed by atoms with E-state index in [0.29, 0.717) is 12.4 Å². The molecule has 1 saturated carbocycles. The summed E-state index contributed by atoms with van der Waals surface area (Å²) in [6, 6.07) is 4.88. The monoisotopic (exact) mass is 258 g/mol. The number of para-hydroxylation sites is 1. The maximum Gasteiger partial charge on any atom is 0.311 e. The summed E-state index contributed by atoms with van der Waals surface area (Å²) in [5, 5.41) is 10.8. The van der Waals surface area contributed by atoms with Crippen LogP contribution in [-0.2, 0) is 0 Å². The van der Waals surface area contributed by atoms with Crippen molar-refractivity contribution in [1.82, 2.24) is 0 Å². The summed E-state index contributed by atoms with van der Waals surface area (Å²) in [6.45, 7) is 2.14. The molecule has 0 spiro atoms. The Labute approximate surface area is 106 Å². The molecule has 1 aliphatic rings. The molecule has 1 aliphatic carbocycles. The van der Waals surface area contributed by atoms with E-state index in [4.69, 9.17) is 10.5 Å². The number of halogens is 1. The lowest BCUT2D eigenvalue weighted by molar-refractivity contribution is -0.385. The first-order valence-electron chi connectivity index (χ1n) is 5.17. The molecule has 2 N–H and O–H groups in total. The lowest BCUT2D eigenvalue weighted by Crippen LogP contribution is -2.30. The summed E-state index contributed by atoms with van der Waals surface area (Å²) in [5.74, 6) is 0.337. The third-order valence-electron chi connectivity index (χ3n) is 2.78. The summed E-state index contributed by atoms with van der Waals surface area (Å²) < 4.78 is 5.49. The summed E-state index contributed by atoms with van der Waals surface area (Å²) in [5.41, 5.74) is 6.37. The first kappa shape index (κ1) is 13.7. The number of rotatable bonds is 4. The maximum atomic E-state index is 10.8. The van der Waals surface area contributed by atoms with Crippen LogP contribution in [0.2, 0.25) is 0 Å². The molecule has 0 atom stereocenters. The zero-order valence-electron chi connectivity index (χ0n) is 9.51. The third kappa shape index (κ3) is 3.08. The second-order valence-electron chi connectivity index (χ2n) is 4.33. The molecule has 0 heterocycles. The van der Waals surface area contributed by atoms with Crippen LogP contribution in [-0.4, -0.2) is 17.1 Å². The molecule has 94 valence electrons. The summed E-state index contributed by atoms with van der Waals surface area (Å²) >= 11 is 0. The Balaban J connectivity index is 0.00000144. The molecular weight excluding hydrogens is 244 g/mol. The lowest BCUT2D eigenvalue weighted by atomic mass is 10.2. The molecule has 1 fully saturated rings. The summed E-state index contributed by atoms with van der Waals surface area (Å²) in [6.07, 6.45) is 1.85. The second kappa shape index (κ2) is 4.89. The van der Waals surface area contributed by atoms with Crippen molar-refractivity contribution in [3.8, 4) is 5.75 Å². The fraction of sp³-hybridized carbons (Fsp3) is 0.455. The van der Waals surface area contributed by atoms with Crippen molar-refractivity contribution in [2.24, 2.45) is 5.73 Å². The Morgan fingerprint density at radius 1 is 1.53 bits per heavy atom. The minimum atomic E-state index is -0.432. The Morgan fingerprint density at radius 3 is 2.71 bits per heavy atom. The minimum absolute atomic E-state index is 0. The lowest BCUT2D eigenvalue weighted by Gasteiger charge is -2.12. The highest BCUT2D eigenvalue weighted by Gasteiger charge is 2.39. The van der Waals surface area contributed by atoms with Gasteiger partial charge in [0.15, 0.2) is 5.75 Å². The minimum Gasteiger partial charge on any atom is -0.485 e. The van der Waals surface area contributed by atoms with Crippen LogP contribution in [0.5, 0.6) is 5.75 Å². The van der Waals surface area contributed by atoms with Crippen molar-refractivity contribution in [3.05, 3.63) is 33.9 Å². The van der Waals surface area contributed by atoms with Crippen molar-refractivity contribution in [1.29, 1.82) is 0 Å². The average molecular weight is 259 g/mol. The normalized spacial score (nSPS) is 15.9. The summed E-state index contributed by atoms with van der Waals surface area (Å²) in [4.78, 5) is 10.4. The first-order valence-corrected chi connectivity index (χ1v) is 5.17. The number of hydrogen-bond acceptors (Lipinski definition) is 4. The van der Waals surface area contributed by atoms with Gasteiger partial charge in [-0.15, -0.1) is 12.4 Å². The molecule has 17 heavy (non-hydrogen) atoms. The quantitative estimate of drug-likeness (QED) is 0.663. The van der Waals surface area contributed by atoms with Gasteiger partial charge in [0.05, 0.1) is 10.5 Å². The molecule has 2 rings (SSSR count). The van der Waals surface area contributed by atoms with Gasteiger partial charge in [-0.3, -0.25) is 10.1 Å². The van der Waals surface area contributed by atoms with Crippen LogP contribution in [0.1, 0.15) is 18.4 Å². The Kier molecular flexibility index (Phi) is 3.95. The molecule has 1 aromatic carbocycles. The Hall–Kier alpha value is -1.33. The van der Waals surface area contributed by atoms with Gasteiger partial charge in [-0.25, -0.2) is 0 Å². The van der Waals surface area contributed by atoms with Crippen LogP contribution in [0.15, 0.2) is 18.2 Å². The predicted molar refractivity (Wildman–Crippen MR) is 66.7 cm³/mol. The topological polar surface area (TPSA) is 78.4 Å². The smallest absolute Gasteiger partial charge is 0.311 e. The SMILES string of the molecule is Cc1cccc([N+](=O)[O-])c1OCC1(N)CC1.Cl. The zero-order chi connectivity index (χ0) is 11.8. The fourth-order valence-electron chi connectivity index (χ4n) is 1.49. The number of nitrogens with two attached hydrogens (primary N) is 1. The van der Waals surface area contributed by atoms with Crippen LogP contribution in [0.3, 0.4) is 0 Å². The van der Waals surface area contributed by atoms with Crippen LogP contribution in [0.25, 0.3) is 0 Å². The van der Waals surface area contributed by atoms with E-state index in [2.05, 4.69) is 0 Å². The van der Waals surface area contributed by atoms with E-state index in [1.54, 1.807) is 19.1 Å². The Bertz CT molecular complexity index is 433. The van der Waals surface area contributed by atoms with E-state index in [1.165, 1.54) is 6.07 Å². The van der Waals surface area contributed by atoms with Crippen LogP contribution < -0.4 is 10.5 Å². The maximum absolute atomic E-state index is 10.8. The van der Waals surface area contributed by atoms with Gasteiger partial charge in [-0.05, 0) is 25.3 Å². The summed E-state index contributed by atoms with van der Waals surface area (Å²) in [7, 11) is 0. The third-order valence-corrected chi connectivity index (χ3v) is 2.78. The fourth-order valence-corrected chi connectivity index (χ4v) is 1.49. The van der Waals surface area contributed by atoms with E-state index >= 15 is 0 Å². The van der Waals surface area contributed by atoms with Gasteiger partial charge in [0.2, 0.25) is 0 Å². The zero-order valence-corrected chi connectivity index (χ0v) is 10.3. The molecule has 0 aliphatic heterocycles. The number of hydrogen-bond donors (Lipinski definition) is 1. The predicted octanol–water partition coefficient (Wildman–Crippen LogP) is 2.20. The molecule has 0 bridgehead atoms. The standard InChI is InChI=1S/C11H14N2O3.ClH/c1-8-3-2-4-9(13(14)15)10(8)16-7-11(12)5-6-11;/h2-4H,5-7,12H2,1H3;1H. The second-order valence-corrected chi connectivity index (χ2v) is 4.33. The van der Waals surface area contributed by atoms with E-state index in [-0.39, 0.29) is 23.6 Å². The van der Waals surface area contributed by atoms with Crippen LogP contribution in [0.4, 0.5) is 5.69 Å². The van der Waals surface area contributed by atoms with E-state index in [1.807, 2.05) is 0 Å². The molecule has 0 aromatic heterocycles. The van der Waals surface area contributed by atoms with Crippen molar-refractivity contribution < 1.29 is 9.66 Å². The molecule has 0 radical (unpaired) electrons. The van der Waals surface area contributed by atoms with Gasteiger partial charge in [0.25, 0.3) is 0 Å². The first-order chi connectivity index (χ1) is 7.52. The van der Waals surface area contributed by atoms with Crippen molar-refractivity contribution in [2.45, 2.75) is 25.3 Å². The van der Waals surface area contributed by atoms with Crippen molar-refractivity contribution in [3.63, 3.8) is 0 Å². The highest BCUT2D eigenvalue weighted by Crippen LogP contribution is 2.36. The molecule has 0 amide bonds. The molecule has 6 heteroatoms. The van der Waals surface area contributed by atoms with Crippen LogP contribution >= 0.6 is 12.4 Å². The highest BCUT2D eigenvalue weighted by atomic mass is 35.5. The molecular formula is C11H15ClN2O3. The number of aryl methyl sites for hydroxylation is 1. The van der Waals surface area contributed by atoms with E-state index < -0.39 is 4.92 Å². The molecule has 1 aromatic rings. The number of benzene rings is 1. The number of nitro benzene ring substituents is 1. The van der Waals surface area contributed by atoms with Gasteiger partial charge >= 0.3 is 5.69 Å². The largest absolute Gasteiger partial charge is 0.485 e. The number of ether oxygens (including phenoxy) is 1. The number of nitro groups is 1. The average Bonchev–Trinajstić information content (AvgIpc) is 2.95. The van der Waals surface area contributed by atoms with Gasteiger partial charge < -0.3 is 10.5 Å². The van der Waals surface area contributed by atoms with Gasteiger partial charge in [-0.1, -0.05) is 12.1 Å². The molecule has 5 nitrogen and oxygen atoms in total. The highest BCUT2D eigenvalue weighted by molar-refractivity contribution is 5.85. The van der Waals surface area contributed by atoms with E-state index in [0.717, 1.165) is 18.4 Å². The van der Waals surface area contributed by atoms with Crippen LogP contribution in [0, 0.1) is 17.0 Å². The Morgan fingerprint density at radius 2 is 2.18 bits per heavy atom. The van der Waals surface area contributed by atoms with Gasteiger partial charge in [0.1, 0.15) is 6.61 Å². The van der Waals surface area contributed by atoms with Crippen molar-refractivity contribution in [2.75, 3.05) is 6.61 Å².